The van der Waals surface area contributed by atoms with Crippen LogP contribution in [-0.2, 0) is 20.5 Å². The van der Waals surface area contributed by atoms with Crippen molar-refractivity contribution in [3.8, 4) is 16.8 Å². The van der Waals surface area contributed by atoms with Gasteiger partial charge < -0.3 is 0 Å². The molecule has 5 rings (SSSR count). The van der Waals surface area contributed by atoms with E-state index in [1.165, 1.54) is 11.6 Å². The number of hydrogen-bond acceptors (Lipinski definition) is 2. The van der Waals surface area contributed by atoms with Crippen molar-refractivity contribution in [2.75, 3.05) is 0 Å². The molecule has 2 aromatic heterocycles. The van der Waals surface area contributed by atoms with Gasteiger partial charge in [-0.05, 0) is 23.3 Å². The summed E-state index contributed by atoms with van der Waals surface area (Å²) in [5.74, 6) is 0. The van der Waals surface area contributed by atoms with Crippen LogP contribution in [0.15, 0.2) is 70.3 Å². The predicted molar refractivity (Wildman–Crippen MR) is 112 cm³/mol. The average Bonchev–Trinajstić information content (AvgIpc) is 2.95. The molecule has 0 fully saturated rings. The Hall–Kier alpha value is -3.60. The molecule has 2 heterocycles. The maximum atomic E-state index is 13.3. The van der Waals surface area contributed by atoms with E-state index in [2.05, 4.69) is 22.8 Å². The highest BCUT2D eigenvalue weighted by atomic mass is 16.2. The fraction of sp³-hybridized carbons (Fsp3) is 0.130. The van der Waals surface area contributed by atoms with Gasteiger partial charge in [-0.2, -0.15) is 0 Å². The number of aryl methyl sites for hydroxylation is 1. The van der Waals surface area contributed by atoms with E-state index in [9.17, 15) is 9.59 Å². The van der Waals surface area contributed by atoms with Crippen LogP contribution < -0.4 is 11.2 Å². The summed E-state index contributed by atoms with van der Waals surface area (Å²) in [5, 5.41) is 0.583. The van der Waals surface area contributed by atoms with Crippen molar-refractivity contribution in [3.63, 3.8) is 0 Å². The minimum absolute atomic E-state index is 0.263. The molecule has 0 amide bonds. The molecule has 0 saturated heterocycles. The molecule has 0 saturated carbocycles. The maximum Gasteiger partial charge on any atom is 0.332 e. The lowest BCUT2D eigenvalue weighted by Gasteiger charge is -2.12. The third-order valence-corrected chi connectivity index (χ3v) is 5.51. The van der Waals surface area contributed by atoms with Crippen molar-refractivity contribution in [2.45, 2.75) is 6.42 Å². The summed E-state index contributed by atoms with van der Waals surface area (Å²) in [6.07, 6.45) is 4.89. The monoisotopic (exact) mass is 369 g/mol. The summed E-state index contributed by atoms with van der Waals surface area (Å²) in [4.78, 5) is 26.0. The SMILES string of the molecule is Cn1c(=O)c2c3c(n(-c4ccccc4)c2n(C)c1=O)CC=Cc1ccccc1-3. The minimum atomic E-state index is -0.328. The molecule has 4 aromatic rings. The number of benzene rings is 2. The Kier molecular flexibility index (Phi) is 3.52. The molecule has 5 nitrogen and oxygen atoms in total. The maximum absolute atomic E-state index is 13.3. The van der Waals surface area contributed by atoms with E-state index in [-0.39, 0.29) is 11.2 Å². The van der Waals surface area contributed by atoms with Crippen LogP contribution in [-0.4, -0.2) is 13.7 Å². The van der Waals surface area contributed by atoms with Gasteiger partial charge in [0.15, 0.2) is 0 Å². The number of nitrogens with zero attached hydrogens (tertiary/aromatic N) is 3. The molecule has 2 aromatic carbocycles. The predicted octanol–water partition coefficient (Wildman–Crippen LogP) is 3.26. The highest BCUT2D eigenvalue weighted by Crippen LogP contribution is 2.39. The second-order valence-corrected chi connectivity index (χ2v) is 7.09. The van der Waals surface area contributed by atoms with Crippen molar-refractivity contribution in [1.82, 2.24) is 13.7 Å². The molecule has 28 heavy (non-hydrogen) atoms. The Balaban J connectivity index is 2.09. The third-order valence-electron chi connectivity index (χ3n) is 5.51. The molecule has 0 bridgehead atoms. The van der Waals surface area contributed by atoms with Crippen molar-refractivity contribution in [3.05, 3.63) is 92.8 Å². The summed E-state index contributed by atoms with van der Waals surface area (Å²) in [7, 11) is 3.27. The van der Waals surface area contributed by atoms with E-state index in [0.29, 0.717) is 17.5 Å². The first-order valence-electron chi connectivity index (χ1n) is 9.24. The Morgan fingerprint density at radius 2 is 1.57 bits per heavy atom. The summed E-state index contributed by atoms with van der Waals surface area (Å²) >= 11 is 0. The van der Waals surface area contributed by atoms with Gasteiger partial charge in [0.1, 0.15) is 5.65 Å². The van der Waals surface area contributed by atoms with Crippen LogP contribution in [0.3, 0.4) is 0 Å². The lowest BCUT2D eigenvalue weighted by atomic mass is 9.99. The topological polar surface area (TPSA) is 48.9 Å². The first-order valence-corrected chi connectivity index (χ1v) is 9.24. The fourth-order valence-electron chi connectivity index (χ4n) is 4.20. The van der Waals surface area contributed by atoms with Gasteiger partial charge in [0.2, 0.25) is 0 Å². The summed E-state index contributed by atoms with van der Waals surface area (Å²) in [6, 6.07) is 18.0. The molecule has 1 aliphatic carbocycles. The number of fused-ring (bicyclic) bond motifs is 5. The van der Waals surface area contributed by atoms with Crippen molar-refractivity contribution in [2.24, 2.45) is 14.1 Å². The normalized spacial score (nSPS) is 12.6. The summed E-state index contributed by atoms with van der Waals surface area (Å²) < 4.78 is 4.82. The molecule has 138 valence electrons. The van der Waals surface area contributed by atoms with Crippen LogP contribution in [0.2, 0.25) is 0 Å². The lowest BCUT2D eigenvalue weighted by Crippen LogP contribution is -2.37. The van der Waals surface area contributed by atoms with Gasteiger partial charge in [-0.15, -0.1) is 0 Å². The summed E-state index contributed by atoms with van der Waals surface area (Å²) in [6.45, 7) is 0. The van der Waals surface area contributed by atoms with Gasteiger partial charge in [0.25, 0.3) is 5.56 Å². The lowest BCUT2D eigenvalue weighted by molar-refractivity contribution is 0.703. The number of hydrogen-bond donors (Lipinski definition) is 0. The standard InChI is InChI=1S/C23H19N3O2/c1-24-21-20(22(27)25(2)23(24)28)19-17-13-7-6-9-15(17)10-8-14-18(19)26(21)16-11-4-3-5-12-16/h3-13H,14H2,1-2H3. The van der Waals surface area contributed by atoms with Crippen molar-refractivity contribution in [1.29, 1.82) is 0 Å². The Morgan fingerprint density at radius 3 is 2.36 bits per heavy atom. The fourth-order valence-corrected chi connectivity index (χ4v) is 4.20. The van der Waals surface area contributed by atoms with Gasteiger partial charge in [-0.25, -0.2) is 4.79 Å². The molecular weight excluding hydrogens is 350 g/mol. The molecule has 0 aliphatic heterocycles. The zero-order valence-electron chi connectivity index (χ0n) is 15.7. The smallest absolute Gasteiger partial charge is 0.298 e. The molecule has 0 N–H and O–H groups in total. The van der Waals surface area contributed by atoms with Gasteiger partial charge in [-0.1, -0.05) is 54.6 Å². The Morgan fingerprint density at radius 1 is 0.857 bits per heavy atom. The van der Waals surface area contributed by atoms with Crippen LogP contribution in [0.1, 0.15) is 11.3 Å². The summed E-state index contributed by atoms with van der Waals surface area (Å²) in [5.41, 5.74) is 4.99. The van der Waals surface area contributed by atoms with E-state index in [0.717, 1.165) is 28.1 Å². The molecule has 5 heteroatoms. The van der Waals surface area contributed by atoms with Crippen LogP contribution in [0.5, 0.6) is 0 Å². The largest absolute Gasteiger partial charge is 0.332 e. The molecule has 0 unspecified atom stereocenters. The van der Waals surface area contributed by atoms with E-state index >= 15 is 0 Å². The molecule has 1 aliphatic rings. The van der Waals surface area contributed by atoms with Crippen molar-refractivity contribution < 1.29 is 0 Å². The Labute approximate surface area is 161 Å². The number of para-hydroxylation sites is 1. The van der Waals surface area contributed by atoms with E-state index in [1.54, 1.807) is 11.6 Å². The molecule has 0 radical (unpaired) electrons. The number of aromatic nitrogens is 3. The zero-order valence-corrected chi connectivity index (χ0v) is 15.7. The molecule has 0 atom stereocenters. The highest BCUT2D eigenvalue weighted by Gasteiger charge is 2.26. The zero-order chi connectivity index (χ0) is 19.4. The van der Waals surface area contributed by atoms with Gasteiger partial charge in [0, 0.05) is 37.5 Å². The highest BCUT2D eigenvalue weighted by molar-refractivity contribution is 6.00. The second kappa shape index (κ2) is 5.96. The van der Waals surface area contributed by atoms with Gasteiger partial charge >= 0.3 is 5.69 Å². The first kappa shape index (κ1) is 16.6. The quantitative estimate of drug-likeness (QED) is 0.517. The minimum Gasteiger partial charge on any atom is -0.298 e. The number of allylic oxidation sites excluding steroid dienone is 1. The van der Waals surface area contributed by atoms with E-state index in [1.807, 2.05) is 48.5 Å². The van der Waals surface area contributed by atoms with Crippen LogP contribution in [0.4, 0.5) is 0 Å². The van der Waals surface area contributed by atoms with Crippen LogP contribution in [0, 0.1) is 0 Å². The van der Waals surface area contributed by atoms with Gasteiger partial charge in [-0.3, -0.25) is 18.5 Å². The molecule has 0 spiro atoms. The first-order chi connectivity index (χ1) is 13.6. The molecular formula is C23H19N3O2. The van der Waals surface area contributed by atoms with E-state index < -0.39 is 0 Å². The van der Waals surface area contributed by atoms with Crippen LogP contribution in [0.25, 0.3) is 33.9 Å². The second-order valence-electron chi connectivity index (χ2n) is 7.09. The Bertz CT molecular complexity index is 1390. The van der Waals surface area contributed by atoms with Crippen molar-refractivity contribution >= 4 is 17.1 Å². The number of rotatable bonds is 1. The van der Waals surface area contributed by atoms with Gasteiger partial charge in [0.05, 0.1) is 5.39 Å². The van der Waals surface area contributed by atoms with Crippen LogP contribution >= 0.6 is 0 Å². The van der Waals surface area contributed by atoms with E-state index in [4.69, 9.17) is 0 Å². The third kappa shape index (κ3) is 2.13. The average molecular weight is 369 g/mol.